The summed E-state index contributed by atoms with van der Waals surface area (Å²) in [6.45, 7) is 1.81. The summed E-state index contributed by atoms with van der Waals surface area (Å²) in [6.07, 6.45) is -0.610. The van der Waals surface area contributed by atoms with Crippen molar-refractivity contribution in [2.75, 3.05) is 5.32 Å². The monoisotopic (exact) mass is 360 g/mol. The molecular weight excluding hydrogens is 344 g/mol. The fraction of sp³-hybridized carbons (Fsp3) is 0.0500. The summed E-state index contributed by atoms with van der Waals surface area (Å²) in [5.41, 5.74) is 1.95. The Balaban J connectivity index is 1.65. The predicted molar refractivity (Wildman–Crippen MR) is 99.9 cm³/mol. The number of rotatable bonds is 4. The van der Waals surface area contributed by atoms with E-state index in [1.807, 2.05) is 36.4 Å². The van der Waals surface area contributed by atoms with Crippen LogP contribution in [-0.2, 0) is 0 Å². The largest absolute Gasteiger partial charge is 0.418 e. The molecule has 2 aromatic carbocycles. The van der Waals surface area contributed by atoms with Gasteiger partial charge in [0.2, 0.25) is 0 Å². The minimum absolute atomic E-state index is 0.452. The lowest BCUT2D eigenvalue weighted by Crippen LogP contribution is -2.19. The molecule has 0 unspecified atom stereocenters. The first-order chi connectivity index (χ1) is 13.2. The van der Waals surface area contributed by atoms with Gasteiger partial charge in [-0.2, -0.15) is 5.10 Å². The summed E-state index contributed by atoms with van der Waals surface area (Å²) < 4.78 is 12.0. The number of nitrogens with one attached hydrogen (secondary N) is 1. The molecule has 7 nitrogen and oxygen atoms in total. The number of nitrogens with zero attached hydrogens (tertiary/aromatic N) is 3. The van der Waals surface area contributed by atoms with Crippen molar-refractivity contribution in [3.63, 3.8) is 0 Å². The summed E-state index contributed by atoms with van der Waals surface area (Å²) in [5.74, 6) is 1.59. The van der Waals surface area contributed by atoms with Gasteiger partial charge < -0.3 is 9.26 Å². The van der Waals surface area contributed by atoms with Crippen molar-refractivity contribution >= 4 is 11.9 Å². The number of hydrogen-bond acceptors (Lipinski definition) is 5. The topological polar surface area (TPSA) is 82.2 Å². The van der Waals surface area contributed by atoms with E-state index in [4.69, 9.17) is 9.26 Å². The quantitative estimate of drug-likeness (QED) is 0.581. The molecule has 1 amide bonds. The molecule has 0 aliphatic rings. The predicted octanol–water partition coefficient (Wildman–Crippen LogP) is 4.45. The molecule has 2 heterocycles. The summed E-state index contributed by atoms with van der Waals surface area (Å²) >= 11 is 0. The SMILES string of the molecule is Cc1cc(-c2cc(NC(=O)Oc3ccccc3)n(-c3ccccc3)n2)no1. The van der Waals surface area contributed by atoms with Crippen molar-refractivity contribution in [1.29, 1.82) is 0 Å². The standard InChI is InChI=1S/C20H16N4O3/c1-14-12-18(23-27-14)17-13-19(24(22-17)15-8-4-2-5-9-15)21-20(25)26-16-10-6-3-7-11-16/h2-13H,1H3,(H,21,25). The molecule has 0 spiro atoms. The summed E-state index contributed by atoms with van der Waals surface area (Å²) in [6, 6.07) is 21.8. The average Bonchev–Trinajstić information content (AvgIpc) is 3.29. The number of aryl methyl sites for hydroxylation is 1. The number of aromatic nitrogens is 3. The third-order valence-corrected chi connectivity index (χ3v) is 3.78. The van der Waals surface area contributed by atoms with E-state index < -0.39 is 6.09 Å². The third kappa shape index (κ3) is 3.72. The van der Waals surface area contributed by atoms with Crippen LogP contribution >= 0.6 is 0 Å². The second kappa shape index (κ2) is 7.17. The molecule has 1 N–H and O–H groups in total. The van der Waals surface area contributed by atoms with E-state index in [0.717, 1.165) is 5.69 Å². The number of amides is 1. The van der Waals surface area contributed by atoms with Gasteiger partial charge in [0, 0.05) is 12.1 Å². The van der Waals surface area contributed by atoms with Gasteiger partial charge in [-0.1, -0.05) is 41.6 Å². The molecule has 4 rings (SSSR count). The molecule has 4 aromatic rings. The van der Waals surface area contributed by atoms with E-state index in [1.165, 1.54) is 0 Å². The average molecular weight is 360 g/mol. The van der Waals surface area contributed by atoms with Crippen LogP contribution in [0.25, 0.3) is 17.1 Å². The van der Waals surface area contributed by atoms with E-state index in [1.54, 1.807) is 48.0 Å². The van der Waals surface area contributed by atoms with Crippen LogP contribution in [-0.4, -0.2) is 21.0 Å². The van der Waals surface area contributed by atoms with Gasteiger partial charge in [-0.3, -0.25) is 5.32 Å². The molecule has 2 aromatic heterocycles. The number of hydrogen-bond donors (Lipinski definition) is 1. The van der Waals surface area contributed by atoms with Gasteiger partial charge in [-0.15, -0.1) is 0 Å². The molecule has 0 aliphatic heterocycles. The maximum absolute atomic E-state index is 12.3. The van der Waals surface area contributed by atoms with Gasteiger partial charge in [-0.05, 0) is 31.2 Å². The molecule has 0 atom stereocenters. The smallest absolute Gasteiger partial charge is 0.410 e. The highest BCUT2D eigenvalue weighted by molar-refractivity contribution is 5.86. The zero-order valence-corrected chi connectivity index (χ0v) is 14.5. The molecule has 0 saturated carbocycles. The number of anilines is 1. The summed E-state index contributed by atoms with van der Waals surface area (Å²) in [7, 11) is 0. The number of benzene rings is 2. The van der Waals surface area contributed by atoms with Gasteiger partial charge in [0.25, 0.3) is 0 Å². The Morgan fingerprint density at radius 1 is 1.00 bits per heavy atom. The minimum atomic E-state index is -0.610. The van der Waals surface area contributed by atoms with Crippen molar-refractivity contribution in [2.45, 2.75) is 6.92 Å². The summed E-state index contributed by atoms with van der Waals surface area (Å²) in [5, 5.41) is 11.3. The lowest BCUT2D eigenvalue weighted by molar-refractivity contribution is 0.215. The van der Waals surface area contributed by atoms with Crippen molar-refractivity contribution in [3.8, 4) is 22.8 Å². The summed E-state index contributed by atoms with van der Waals surface area (Å²) in [4.78, 5) is 12.3. The molecule has 0 saturated heterocycles. The van der Waals surface area contributed by atoms with Gasteiger partial charge in [-0.25, -0.2) is 9.48 Å². The molecule has 0 bridgehead atoms. The van der Waals surface area contributed by atoms with Crippen LogP contribution in [0.1, 0.15) is 5.76 Å². The van der Waals surface area contributed by atoms with Crippen LogP contribution in [0.4, 0.5) is 10.6 Å². The fourth-order valence-electron chi connectivity index (χ4n) is 2.57. The van der Waals surface area contributed by atoms with E-state index in [9.17, 15) is 4.79 Å². The number of para-hydroxylation sites is 2. The Bertz CT molecular complexity index is 1060. The Morgan fingerprint density at radius 2 is 1.70 bits per heavy atom. The lowest BCUT2D eigenvalue weighted by atomic mass is 10.3. The maximum atomic E-state index is 12.3. The van der Waals surface area contributed by atoms with Gasteiger partial charge in [0.1, 0.15) is 28.7 Å². The first-order valence-corrected chi connectivity index (χ1v) is 8.32. The Hall–Kier alpha value is -3.87. The second-order valence-corrected chi connectivity index (χ2v) is 5.81. The van der Waals surface area contributed by atoms with E-state index >= 15 is 0 Å². The molecule has 27 heavy (non-hydrogen) atoms. The molecular formula is C20H16N4O3. The first-order valence-electron chi connectivity index (χ1n) is 8.32. The van der Waals surface area contributed by atoms with Crippen molar-refractivity contribution in [2.24, 2.45) is 0 Å². The van der Waals surface area contributed by atoms with Gasteiger partial charge in [0.15, 0.2) is 0 Å². The van der Waals surface area contributed by atoms with E-state index in [0.29, 0.717) is 28.7 Å². The van der Waals surface area contributed by atoms with Gasteiger partial charge >= 0.3 is 6.09 Å². The molecule has 0 aliphatic carbocycles. The van der Waals surface area contributed by atoms with Crippen molar-refractivity contribution in [3.05, 3.63) is 78.6 Å². The second-order valence-electron chi connectivity index (χ2n) is 5.81. The number of ether oxygens (including phenoxy) is 1. The van der Waals surface area contributed by atoms with Crippen LogP contribution in [0.15, 0.2) is 77.3 Å². The van der Waals surface area contributed by atoms with Crippen LogP contribution in [0.2, 0.25) is 0 Å². The number of carbonyl (C=O) groups is 1. The highest BCUT2D eigenvalue weighted by Gasteiger charge is 2.16. The lowest BCUT2D eigenvalue weighted by Gasteiger charge is -2.09. The maximum Gasteiger partial charge on any atom is 0.418 e. The normalized spacial score (nSPS) is 10.6. The molecule has 0 fully saturated rings. The molecule has 0 radical (unpaired) electrons. The van der Waals surface area contributed by atoms with E-state index in [2.05, 4.69) is 15.6 Å². The fourth-order valence-corrected chi connectivity index (χ4v) is 2.57. The van der Waals surface area contributed by atoms with Crippen molar-refractivity contribution < 1.29 is 14.1 Å². The van der Waals surface area contributed by atoms with Crippen LogP contribution < -0.4 is 10.1 Å². The zero-order valence-electron chi connectivity index (χ0n) is 14.5. The zero-order chi connectivity index (χ0) is 18.6. The van der Waals surface area contributed by atoms with Gasteiger partial charge in [0.05, 0.1) is 5.69 Å². The Morgan fingerprint density at radius 3 is 2.37 bits per heavy atom. The molecule has 7 heteroatoms. The van der Waals surface area contributed by atoms with Crippen LogP contribution in [0, 0.1) is 6.92 Å². The minimum Gasteiger partial charge on any atom is -0.410 e. The van der Waals surface area contributed by atoms with E-state index in [-0.39, 0.29) is 0 Å². The Labute approximate surface area is 155 Å². The number of carbonyl (C=O) groups excluding carboxylic acids is 1. The highest BCUT2D eigenvalue weighted by Crippen LogP contribution is 2.25. The van der Waals surface area contributed by atoms with Crippen LogP contribution in [0.5, 0.6) is 5.75 Å². The first kappa shape index (κ1) is 16.6. The van der Waals surface area contributed by atoms with Crippen molar-refractivity contribution in [1.82, 2.24) is 14.9 Å². The molecule has 134 valence electrons. The highest BCUT2D eigenvalue weighted by atomic mass is 16.6. The third-order valence-electron chi connectivity index (χ3n) is 3.78. The Kier molecular flexibility index (Phi) is 4.40. The van der Waals surface area contributed by atoms with Crippen LogP contribution in [0.3, 0.4) is 0 Å².